The number of amides is 2. The highest BCUT2D eigenvalue weighted by Gasteiger charge is 2.09. The van der Waals surface area contributed by atoms with Gasteiger partial charge in [-0.05, 0) is 18.2 Å². The van der Waals surface area contributed by atoms with Crippen molar-refractivity contribution in [2.75, 3.05) is 5.32 Å². The van der Waals surface area contributed by atoms with Crippen LogP contribution in [0.15, 0.2) is 60.9 Å². The van der Waals surface area contributed by atoms with E-state index in [0.29, 0.717) is 17.9 Å². The van der Waals surface area contributed by atoms with E-state index < -0.39 is 0 Å². The number of aromatic nitrogens is 3. The van der Waals surface area contributed by atoms with E-state index in [-0.39, 0.29) is 18.4 Å². The Morgan fingerprint density at radius 2 is 1.92 bits per heavy atom. The first-order valence-electron chi connectivity index (χ1n) is 7.42. The zero-order chi connectivity index (χ0) is 16.8. The predicted molar refractivity (Wildman–Crippen MR) is 87.8 cm³/mol. The molecule has 0 saturated heterocycles. The molecule has 0 spiro atoms. The number of pyridine rings is 1. The van der Waals surface area contributed by atoms with Gasteiger partial charge in [0.25, 0.3) is 0 Å². The molecule has 0 radical (unpaired) electrons. The second kappa shape index (κ2) is 7.36. The van der Waals surface area contributed by atoms with Crippen molar-refractivity contribution in [1.29, 1.82) is 0 Å². The second-order valence-corrected chi connectivity index (χ2v) is 5.09. The third-order valence-electron chi connectivity index (χ3n) is 3.39. The van der Waals surface area contributed by atoms with Crippen LogP contribution in [0, 0.1) is 5.82 Å². The zero-order valence-corrected chi connectivity index (χ0v) is 12.8. The van der Waals surface area contributed by atoms with E-state index in [0.717, 1.165) is 5.69 Å². The van der Waals surface area contributed by atoms with Crippen molar-refractivity contribution >= 4 is 11.8 Å². The first kappa shape index (κ1) is 15.7. The molecule has 0 saturated carbocycles. The Kier molecular flexibility index (Phi) is 4.81. The summed E-state index contributed by atoms with van der Waals surface area (Å²) in [4.78, 5) is 16.1. The van der Waals surface area contributed by atoms with Crippen molar-refractivity contribution in [3.63, 3.8) is 0 Å². The minimum absolute atomic E-state index is 0.232. The SMILES string of the molecule is O=C(NCc1ccccn1)Nc1ccnn1Cc1ccccc1F. The molecule has 3 aromatic rings. The molecule has 0 bridgehead atoms. The molecule has 2 N–H and O–H groups in total. The maximum Gasteiger partial charge on any atom is 0.320 e. The van der Waals surface area contributed by atoms with Gasteiger partial charge in [0.15, 0.2) is 0 Å². The minimum Gasteiger partial charge on any atom is -0.332 e. The fourth-order valence-electron chi connectivity index (χ4n) is 2.19. The van der Waals surface area contributed by atoms with Crippen molar-refractivity contribution in [1.82, 2.24) is 20.1 Å². The van der Waals surface area contributed by atoms with Crippen LogP contribution in [0.1, 0.15) is 11.3 Å². The van der Waals surface area contributed by atoms with Gasteiger partial charge in [-0.15, -0.1) is 0 Å². The van der Waals surface area contributed by atoms with Gasteiger partial charge >= 0.3 is 6.03 Å². The van der Waals surface area contributed by atoms with Crippen LogP contribution < -0.4 is 10.6 Å². The number of carbonyl (C=O) groups excluding carboxylic acids is 1. The van der Waals surface area contributed by atoms with Crippen molar-refractivity contribution in [3.05, 3.63) is 78.0 Å². The van der Waals surface area contributed by atoms with Crippen LogP contribution in [0.2, 0.25) is 0 Å². The predicted octanol–water partition coefficient (Wildman–Crippen LogP) is 2.79. The molecule has 6 nitrogen and oxygen atoms in total. The molecule has 0 atom stereocenters. The summed E-state index contributed by atoms with van der Waals surface area (Å²) in [7, 11) is 0. The zero-order valence-electron chi connectivity index (χ0n) is 12.8. The molecule has 7 heteroatoms. The maximum atomic E-state index is 13.7. The van der Waals surface area contributed by atoms with Crippen LogP contribution in [-0.4, -0.2) is 20.8 Å². The Labute approximate surface area is 138 Å². The Morgan fingerprint density at radius 3 is 2.71 bits per heavy atom. The topological polar surface area (TPSA) is 71.8 Å². The lowest BCUT2D eigenvalue weighted by Crippen LogP contribution is -2.29. The fraction of sp³-hybridized carbons (Fsp3) is 0.118. The third-order valence-corrected chi connectivity index (χ3v) is 3.39. The van der Waals surface area contributed by atoms with Crippen molar-refractivity contribution in [2.45, 2.75) is 13.1 Å². The molecular formula is C17H16FN5O. The quantitative estimate of drug-likeness (QED) is 0.758. The molecule has 2 amide bonds. The Bertz CT molecular complexity index is 819. The van der Waals surface area contributed by atoms with Gasteiger partial charge < -0.3 is 5.32 Å². The van der Waals surface area contributed by atoms with Gasteiger partial charge in [0.2, 0.25) is 0 Å². The summed E-state index contributed by atoms with van der Waals surface area (Å²) >= 11 is 0. The highest BCUT2D eigenvalue weighted by molar-refractivity contribution is 5.88. The van der Waals surface area contributed by atoms with Gasteiger partial charge in [0.05, 0.1) is 25.0 Å². The van der Waals surface area contributed by atoms with Crippen LogP contribution in [0.4, 0.5) is 15.0 Å². The normalized spacial score (nSPS) is 10.4. The number of urea groups is 1. The molecule has 2 aromatic heterocycles. The van der Waals surface area contributed by atoms with Gasteiger partial charge in [-0.1, -0.05) is 24.3 Å². The maximum absolute atomic E-state index is 13.7. The number of nitrogens with zero attached hydrogens (tertiary/aromatic N) is 3. The second-order valence-electron chi connectivity index (χ2n) is 5.09. The average Bonchev–Trinajstić information content (AvgIpc) is 3.03. The molecule has 0 aliphatic rings. The number of anilines is 1. The van der Waals surface area contributed by atoms with E-state index in [9.17, 15) is 9.18 Å². The van der Waals surface area contributed by atoms with Crippen LogP contribution in [0.3, 0.4) is 0 Å². The van der Waals surface area contributed by atoms with Gasteiger partial charge in [-0.25, -0.2) is 13.9 Å². The van der Waals surface area contributed by atoms with Gasteiger partial charge in [-0.2, -0.15) is 5.10 Å². The van der Waals surface area contributed by atoms with E-state index in [1.807, 2.05) is 18.2 Å². The summed E-state index contributed by atoms with van der Waals surface area (Å²) in [6.45, 7) is 0.545. The minimum atomic E-state index is -0.379. The Morgan fingerprint density at radius 1 is 1.08 bits per heavy atom. The number of nitrogens with one attached hydrogen (secondary N) is 2. The molecule has 24 heavy (non-hydrogen) atoms. The van der Waals surface area contributed by atoms with Gasteiger partial charge in [0, 0.05) is 17.8 Å². The first-order valence-corrected chi connectivity index (χ1v) is 7.42. The molecule has 122 valence electrons. The summed E-state index contributed by atoms with van der Waals surface area (Å²) < 4.78 is 15.3. The van der Waals surface area contributed by atoms with Crippen LogP contribution in [0.25, 0.3) is 0 Å². The van der Waals surface area contributed by atoms with Crippen LogP contribution >= 0.6 is 0 Å². The summed E-state index contributed by atoms with van der Waals surface area (Å²) in [5.41, 5.74) is 1.26. The third kappa shape index (κ3) is 3.95. The van der Waals surface area contributed by atoms with Crippen LogP contribution in [0.5, 0.6) is 0 Å². The molecule has 0 aliphatic heterocycles. The fourth-order valence-corrected chi connectivity index (χ4v) is 2.19. The molecular weight excluding hydrogens is 309 g/mol. The summed E-state index contributed by atoms with van der Waals surface area (Å²) in [5, 5.41) is 9.53. The van der Waals surface area contributed by atoms with E-state index in [1.54, 1.807) is 36.7 Å². The molecule has 3 rings (SSSR count). The first-order chi connectivity index (χ1) is 11.7. The van der Waals surface area contributed by atoms with E-state index in [4.69, 9.17) is 0 Å². The number of benzene rings is 1. The summed E-state index contributed by atoms with van der Waals surface area (Å²) in [6, 6.07) is 13.2. The number of rotatable bonds is 5. The molecule has 0 fully saturated rings. The van der Waals surface area contributed by atoms with E-state index in [2.05, 4.69) is 20.7 Å². The number of carbonyl (C=O) groups is 1. The summed E-state index contributed by atoms with van der Waals surface area (Å²) in [5.74, 6) is 0.176. The van der Waals surface area contributed by atoms with Crippen molar-refractivity contribution in [2.24, 2.45) is 0 Å². The lowest BCUT2D eigenvalue weighted by atomic mass is 10.2. The smallest absolute Gasteiger partial charge is 0.320 e. The van der Waals surface area contributed by atoms with Gasteiger partial charge in [-0.3, -0.25) is 10.3 Å². The Hall–Kier alpha value is -3.22. The standard InChI is InChI=1S/C17H16FN5O/c18-15-7-2-1-5-13(15)12-23-16(8-10-21-23)22-17(24)20-11-14-6-3-4-9-19-14/h1-10H,11-12H2,(H2,20,22,24). The van der Waals surface area contributed by atoms with E-state index in [1.165, 1.54) is 10.7 Å². The van der Waals surface area contributed by atoms with Gasteiger partial charge in [0.1, 0.15) is 11.6 Å². The Balaban J connectivity index is 1.61. The average molecular weight is 325 g/mol. The highest BCUT2D eigenvalue weighted by atomic mass is 19.1. The lowest BCUT2D eigenvalue weighted by molar-refractivity contribution is 0.251. The van der Waals surface area contributed by atoms with Crippen LogP contribution in [-0.2, 0) is 13.1 Å². The van der Waals surface area contributed by atoms with Crippen molar-refractivity contribution in [3.8, 4) is 0 Å². The molecule has 0 aliphatic carbocycles. The highest BCUT2D eigenvalue weighted by Crippen LogP contribution is 2.12. The largest absolute Gasteiger partial charge is 0.332 e. The summed E-state index contributed by atoms with van der Waals surface area (Å²) in [6.07, 6.45) is 3.22. The molecule has 1 aromatic carbocycles. The van der Waals surface area contributed by atoms with Crippen molar-refractivity contribution < 1.29 is 9.18 Å². The molecule has 2 heterocycles. The monoisotopic (exact) mass is 325 g/mol. The molecule has 0 unspecified atom stereocenters. The number of hydrogen-bond donors (Lipinski definition) is 2. The number of halogens is 1. The lowest BCUT2D eigenvalue weighted by Gasteiger charge is -2.10. The van der Waals surface area contributed by atoms with E-state index >= 15 is 0 Å². The number of hydrogen-bond acceptors (Lipinski definition) is 3.